The molecule has 0 spiro atoms. The van der Waals surface area contributed by atoms with Crippen LogP contribution in [0.4, 0.5) is 0 Å². The van der Waals surface area contributed by atoms with Crippen molar-refractivity contribution < 1.29 is 9.53 Å². The van der Waals surface area contributed by atoms with Gasteiger partial charge in [-0.15, -0.1) is 11.3 Å². The van der Waals surface area contributed by atoms with Crippen molar-refractivity contribution in [2.75, 3.05) is 13.7 Å². The third-order valence-corrected chi connectivity index (χ3v) is 5.45. The highest BCUT2D eigenvalue weighted by molar-refractivity contribution is 7.09. The first-order chi connectivity index (χ1) is 11.7. The minimum Gasteiger partial charge on any atom is -0.494 e. The molecule has 0 unspecified atom stereocenters. The SMILES string of the molecule is COc1cccn2ncc(C(=O)N3CCC[C@H]3c3nc(C)cs3)c12. The van der Waals surface area contributed by atoms with Crippen LogP contribution in [0, 0.1) is 6.92 Å². The van der Waals surface area contributed by atoms with Crippen LogP contribution in [0.3, 0.4) is 0 Å². The van der Waals surface area contributed by atoms with Crippen molar-refractivity contribution in [2.45, 2.75) is 25.8 Å². The van der Waals surface area contributed by atoms with Gasteiger partial charge in [0, 0.05) is 23.8 Å². The number of nitrogens with zero attached hydrogens (tertiary/aromatic N) is 4. The van der Waals surface area contributed by atoms with E-state index in [0.717, 1.165) is 30.1 Å². The number of carbonyl (C=O) groups is 1. The molecule has 124 valence electrons. The van der Waals surface area contributed by atoms with Crippen molar-refractivity contribution in [1.82, 2.24) is 19.5 Å². The first kappa shape index (κ1) is 15.1. The minimum atomic E-state index is -0.00940. The van der Waals surface area contributed by atoms with Gasteiger partial charge in [0.2, 0.25) is 0 Å². The van der Waals surface area contributed by atoms with E-state index >= 15 is 0 Å². The Morgan fingerprint density at radius 1 is 1.46 bits per heavy atom. The molecule has 4 rings (SSSR count). The smallest absolute Gasteiger partial charge is 0.258 e. The van der Waals surface area contributed by atoms with Crippen LogP contribution < -0.4 is 4.74 Å². The maximum atomic E-state index is 13.2. The van der Waals surface area contributed by atoms with Crippen LogP contribution in [-0.2, 0) is 0 Å². The summed E-state index contributed by atoms with van der Waals surface area (Å²) in [6.45, 7) is 2.73. The molecule has 0 aromatic carbocycles. The molecule has 4 heterocycles. The number of hydrogen-bond acceptors (Lipinski definition) is 5. The summed E-state index contributed by atoms with van der Waals surface area (Å²) in [6.07, 6.45) is 5.39. The molecule has 1 saturated heterocycles. The Balaban J connectivity index is 1.73. The summed E-state index contributed by atoms with van der Waals surface area (Å²) < 4.78 is 7.10. The average Bonchev–Trinajstić information content (AvgIpc) is 3.32. The molecule has 1 amide bonds. The Hall–Kier alpha value is -2.41. The van der Waals surface area contributed by atoms with Gasteiger partial charge in [0.05, 0.1) is 24.9 Å². The predicted molar refractivity (Wildman–Crippen MR) is 91.6 cm³/mol. The van der Waals surface area contributed by atoms with Crippen LogP contribution in [0.1, 0.15) is 39.9 Å². The molecule has 1 aliphatic heterocycles. The van der Waals surface area contributed by atoms with Crippen molar-refractivity contribution >= 4 is 22.8 Å². The van der Waals surface area contributed by atoms with E-state index in [9.17, 15) is 4.79 Å². The third kappa shape index (κ3) is 2.36. The van der Waals surface area contributed by atoms with E-state index in [1.54, 1.807) is 29.2 Å². The predicted octanol–water partition coefficient (Wildman–Crippen LogP) is 3.09. The van der Waals surface area contributed by atoms with Gasteiger partial charge in [-0.25, -0.2) is 9.50 Å². The summed E-state index contributed by atoms with van der Waals surface area (Å²) in [5.41, 5.74) is 2.30. The summed E-state index contributed by atoms with van der Waals surface area (Å²) in [6, 6.07) is 3.75. The van der Waals surface area contributed by atoms with Crippen molar-refractivity contribution in [1.29, 1.82) is 0 Å². The first-order valence-electron chi connectivity index (χ1n) is 7.92. The zero-order valence-electron chi connectivity index (χ0n) is 13.6. The number of thiazole rings is 1. The highest BCUT2D eigenvalue weighted by Gasteiger charge is 2.34. The van der Waals surface area contributed by atoms with Gasteiger partial charge in [-0.2, -0.15) is 5.10 Å². The molecule has 3 aromatic heterocycles. The Kier molecular flexibility index (Phi) is 3.72. The second kappa shape index (κ2) is 5.90. The van der Waals surface area contributed by atoms with Gasteiger partial charge >= 0.3 is 0 Å². The molecule has 0 radical (unpaired) electrons. The molecule has 0 aliphatic carbocycles. The third-order valence-electron chi connectivity index (χ3n) is 4.39. The highest BCUT2D eigenvalue weighted by Crippen LogP contribution is 2.36. The standard InChI is InChI=1S/C17H18N4O2S/c1-11-10-24-16(19-11)13-5-3-7-20(13)17(22)12-9-18-21-8-4-6-14(23-2)15(12)21/h4,6,8-10,13H,3,5,7H2,1-2H3/t13-/m0/s1. The van der Waals surface area contributed by atoms with Gasteiger partial charge < -0.3 is 9.64 Å². The molecule has 1 fully saturated rings. The van der Waals surface area contributed by atoms with E-state index in [4.69, 9.17) is 4.74 Å². The zero-order chi connectivity index (χ0) is 16.7. The summed E-state index contributed by atoms with van der Waals surface area (Å²) in [7, 11) is 1.60. The number of fused-ring (bicyclic) bond motifs is 1. The Morgan fingerprint density at radius 3 is 3.08 bits per heavy atom. The van der Waals surface area contributed by atoms with E-state index in [-0.39, 0.29) is 11.9 Å². The number of carbonyl (C=O) groups excluding carboxylic acids is 1. The van der Waals surface area contributed by atoms with Crippen LogP contribution >= 0.6 is 11.3 Å². The Morgan fingerprint density at radius 2 is 2.33 bits per heavy atom. The first-order valence-corrected chi connectivity index (χ1v) is 8.80. The van der Waals surface area contributed by atoms with Gasteiger partial charge in [-0.1, -0.05) is 0 Å². The van der Waals surface area contributed by atoms with E-state index in [1.165, 1.54) is 0 Å². The number of rotatable bonds is 3. The van der Waals surface area contributed by atoms with Crippen molar-refractivity contribution in [3.8, 4) is 5.75 Å². The Labute approximate surface area is 143 Å². The number of aryl methyl sites for hydroxylation is 1. The molecule has 3 aromatic rings. The van der Waals surface area contributed by atoms with E-state index in [2.05, 4.69) is 10.1 Å². The number of aromatic nitrogens is 3. The van der Waals surface area contributed by atoms with E-state index in [0.29, 0.717) is 16.8 Å². The molecule has 6 nitrogen and oxygen atoms in total. The fourth-order valence-corrected chi connectivity index (χ4v) is 4.22. The maximum Gasteiger partial charge on any atom is 0.258 e. The molecule has 7 heteroatoms. The largest absolute Gasteiger partial charge is 0.494 e. The summed E-state index contributed by atoms with van der Waals surface area (Å²) in [4.78, 5) is 19.7. The fraction of sp³-hybridized carbons (Fsp3) is 0.353. The molecule has 1 aliphatic rings. The van der Waals surface area contributed by atoms with Gasteiger partial charge in [0.15, 0.2) is 0 Å². The highest BCUT2D eigenvalue weighted by atomic mass is 32.1. The van der Waals surface area contributed by atoms with E-state index in [1.807, 2.05) is 35.5 Å². The van der Waals surface area contributed by atoms with Gasteiger partial charge in [-0.3, -0.25) is 4.79 Å². The van der Waals surface area contributed by atoms with Crippen LogP contribution in [-0.4, -0.2) is 39.1 Å². The summed E-state index contributed by atoms with van der Waals surface area (Å²) in [5.74, 6) is 0.643. The molecule has 24 heavy (non-hydrogen) atoms. The van der Waals surface area contributed by atoms with Crippen LogP contribution in [0.2, 0.25) is 0 Å². The number of pyridine rings is 1. The number of hydrogen-bond donors (Lipinski definition) is 0. The lowest BCUT2D eigenvalue weighted by atomic mass is 10.2. The van der Waals surface area contributed by atoms with E-state index < -0.39 is 0 Å². The second-order valence-electron chi connectivity index (χ2n) is 5.91. The zero-order valence-corrected chi connectivity index (χ0v) is 14.4. The molecule has 0 N–H and O–H groups in total. The lowest BCUT2D eigenvalue weighted by Gasteiger charge is -2.22. The molecule has 1 atom stereocenters. The number of likely N-dealkylation sites (tertiary alicyclic amines) is 1. The normalized spacial score (nSPS) is 17.6. The molecule has 0 saturated carbocycles. The number of amides is 1. The lowest BCUT2D eigenvalue weighted by molar-refractivity contribution is 0.0737. The van der Waals surface area contributed by atoms with Crippen LogP contribution in [0.25, 0.3) is 5.52 Å². The number of methoxy groups -OCH3 is 1. The summed E-state index contributed by atoms with van der Waals surface area (Å²) >= 11 is 1.63. The van der Waals surface area contributed by atoms with Gasteiger partial charge in [0.1, 0.15) is 16.3 Å². The van der Waals surface area contributed by atoms with Crippen LogP contribution in [0.5, 0.6) is 5.75 Å². The lowest BCUT2D eigenvalue weighted by Crippen LogP contribution is -2.30. The van der Waals surface area contributed by atoms with Crippen LogP contribution in [0.15, 0.2) is 29.9 Å². The monoisotopic (exact) mass is 342 g/mol. The average molecular weight is 342 g/mol. The molecular formula is C17H18N4O2S. The Bertz CT molecular complexity index is 901. The summed E-state index contributed by atoms with van der Waals surface area (Å²) in [5, 5.41) is 7.35. The second-order valence-corrected chi connectivity index (χ2v) is 6.80. The molecule has 0 bridgehead atoms. The fourth-order valence-electron chi connectivity index (χ4n) is 3.28. The number of ether oxygens (including phenoxy) is 1. The van der Waals surface area contributed by atoms with Crippen molar-refractivity contribution in [2.24, 2.45) is 0 Å². The quantitative estimate of drug-likeness (QED) is 0.734. The van der Waals surface area contributed by atoms with Crippen molar-refractivity contribution in [3.63, 3.8) is 0 Å². The van der Waals surface area contributed by atoms with Crippen molar-refractivity contribution in [3.05, 3.63) is 46.2 Å². The minimum absolute atomic E-state index is 0.00940. The van der Waals surface area contributed by atoms with Gasteiger partial charge in [0.25, 0.3) is 5.91 Å². The topological polar surface area (TPSA) is 59.7 Å². The van der Waals surface area contributed by atoms with Gasteiger partial charge in [-0.05, 0) is 31.9 Å². The maximum absolute atomic E-state index is 13.2. The molecular weight excluding hydrogens is 324 g/mol.